The van der Waals surface area contributed by atoms with Crippen LogP contribution in [0.5, 0.6) is 0 Å². The molecule has 1 aliphatic heterocycles. The molecule has 0 aliphatic carbocycles. The Morgan fingerprint density at radius 3 is 2.54 bits per heavy atom. The highest BCUT2D eigenvalue weighted by Crippen LogP contribution is 2.21. The van der Waals surface area contributed by atoms with Crippen LogP contribution in [0, 0.1) is 6.92 Å². The number of carbonyl (C=O) groups is 1. The highest BCUT2D eigenvalue weighted by molar-refractivity contribution is 7.89. The fourth-order valence-corrected chi connectivity index (χ4v) is 4.68. The number of nitrogens with zero attached hydrogens (tertiary/aromatic N) is 3. The molecule has 1 aromatic carbocycles. The maximum atomic E-state index is 12.5. The summed E-state index contributed by atoms with van der Waals surface area (Å²) in [5.41, 5.74) is 0.942. The Bertz CT molecular complexity index is 887. The third kappa shape index (κ3) is 5.39. The zero-order valence-electron chi connectivity index (χ0n) is 16.1. The predicted molar refractivity (Wildman–Crippen MR) is 103 cm³/mol. The van der Waals surface area contributed by atoms with E-state index in [9.17, 15) is 13.2 Å². The van der Waals surface area contributed by atoms with Crippen molar-refractivity contribution in [2.75, 3.05) is 19.6 Å². The Labute approximate surface area is 165 Å². The summed E-state index contributed by atoms with van der Waals surface area (Å²) in [6.45, 7) is 3.50. The Balaban J connectivity index is 1.40. The number of amides is 1. The summed E-state index contributed by atoms with van der Waals surface area (Å²) in [7, 11) is -3.39. The molecule has 1 fully saturated rings. The maximum Gasteiger partial charge on any atom is 0.243 e. The van der Waals surface area contributed by atoms with E-state index in [1.54, 1.807) is 31.2 Å². The van der Waals surface area contributed by atoms with Crippen molar-refractivity contribution in [3.63, 3.8) is 0 Å². The van der Waals surface area contributed by atoms with Gasteiger partial charge in [-0.1, -0.05) is 17.3 Å². The number of aryl methyl sites for hydroxylation is 3. The topological polar surface area (TPSA) is 105 Å². The molecule has 2 aromatic rings. The van der Waals surface area contributed by atoms with Gasteiger partial charge in [0.1, 0.15) is 0 Å². The van der Waals surface area contributed by atoms with Crippen LogP contribution in [0.15, 0.2) is 33.7 Å². The summed E-state index contributed by atoms with van der Waals surface area (Å²) < 4.78 is 31.6. The molecule has 3 rings (SSSR count). The first kappa shape index (κ1) is 20.5. The number of sulfonamides is 1. The lowest BCUT2D eigenvalue weighted by Gasteiger charge is -2.15. The van der Waals surface area contributed by atoms with Crippen LogP contribution in [-0.2, 0) is 27.7 Å². The second kappa shape index (κ2) is 9.29. The van der Waals surface area contributed by atoms with Crippen LogP contribution in [0.3, 0.4) is 0 Å². The highest BCUT2D eigenvalue weighted by atomic mass is 32.2. The first-order chi connectivity index (χ1) is 13.4. The van der Waals surface area contributed by atoms with Gasteiger partial charge in [-0.25, -0.2) is 8.42 Å². The SMILES string of the molecule is Cc1noc(CCCNC(=O)CCc2ccc(S(=O)(=O)N3CCCC3)cc2)n1. The zero-order valence-corrected chi connectivity index (χ0v) is 16.9. The van der Waals surface area contributed by atoms with Crippen LogP contribution in [0.4, 0.5) is 0 Å². The van der Waals surface area contributed by atoms with Crippen molar-refractivity contribution in [3.05, 3.63) is 41.5 Å². The number of hydrogen-bond acceptors (Lipinski definition) is 6. The molecule has 9 heteroatoms. The summed E-state index contributed by atoms with van der Waals surface area (Å²) in [5, 5.41) is 6.59. The Morgan fingerprint density at radius 2 is 1.89 bits per heavy atom. The van der Waals surface area contributed by atoms with E-state index in [0.29, 0.717) is 55.5 Å². The molecule has 0 bridgehead atoms. The van der Waals surface area contributed by atoms with Crippen molar-refractivity contribution in [3.8, 4) is 0 Å². The van der Waals surface area contributed by atoms with E-state index in [2.05, 4.69) is 15.5 Å². The van der Waals surface area contributed by atoms with Gasteiger partial charge in [0.05, 0.1) is 4.90 Å². The number of hydrogen-bond donors (Lipinski definition) is 1. The molecule has 1 aromatic heterocycles. The molecule has 0 spiro atoms. The van der Waals surface area contributed by atoms with Crippen molar-refractivity contribution in [2.24, 2.45) is 0 Å². The van der Waals surface area contributed by atoms with Gasteiger partial charge >= 0.3 is 0 Å². The molecule has 0 radical (unpaired) electrons. The van der Waals surface area contributed by atoms with Gasteiger partial charge in [-0.05, 0) is 50.3 Å². The van der Waals surface area contributed by atoms with Crippen LogP contribution in [0.2, 0.25) is 0 Å². The van der Waals surface area contributed by atoms with E-state index >= 15 is 0 Å². The summed E-state index contributed by atoms with van der Waals surface area (Å²) in [4.78, 5) is 16.4. The average Bonchev–Trinajstić information content (AvgIpc) is 3.36. The molecule has 152 valence electrons. The van der Waals surface area contributed by atoms with Crippen molar-refractivity contribution >= 4 is 15.9 Å². The lowest BCUT2D eigenvalue weighted by atomic mass is 10.1. The molecule has 2 heterocycles. The predicted octanol–water partition coefficient (Wildman–Crippen LogP) is 1.84. The number of nitrogens with one attached hydrogen (secondary N) is 1. The van der Waals surface area contributed by atoms with Gasteiger partial charge < -0.3 is 9.84 Å². The lowest BCUT2D eigenvalue weighted by molar-refractivity contribution is -0.121. The molecule has 0 saturated carbocycles. The third-order valence-corrected chi connectivity index (χ3v) is 6.64. The first-order valence-electron chi connectivity index (χ1n) is 9.60. The van der Waals surface area contributed by atoms with Gasteiger partial charge in [-0.2, -0.15) is 9.29 Å². The van der Waals surface area contributed by atoms with E-state index in [1.165, 1.54) is 4.31 Å². The van der Waals surface area contributed by atoms with E-state index in [1.807, 2.05) is 0 Å². The first-order valence-corrected chi connectivity index (χ1v) is 11.0. The van der Waals surface area contributed by atoms with Crippen LogP contribution in [-0.4, -0.2) is 48.4 Å². The van der Waals surface area contributed by atoms with Crippen LogP contribution in [0.25, 0.3) is 0 Å². The number of carbonyl (C=O) groups excluding carboxylic acids is 1. The molecule has 8 nitrogen and oxygen atoms in total. The van der Waals surface area contributed by atoms with Crippen LogP contribution >= 0.6 is 0 Å². The Kier molecular flexibility index (Phi) is 6.79. The maximum absolute atomic E-state index is 12.5. The molecule has 1 aliphatic rings. The third-order valence-electron chi connectivity index (χ3n) is 4.73. The second-order valence-electron chi connectivity index (χ2n) is 6.94. The molecule has 0 atom stereocenters. The van der Waals surface area contributed by atoms with E-state index in [4.69, 9.17) is 4.52 Å². The van der Waals surface area contributed by atoms with Crippen molar-refractivity contribution < 1.29 is 17.7 Å². The van der Waals surface area contributed by atoms with Crippen LogP contribution in [0.1, 0.15) is 43.0 Å². The Morgan fingerprint density at radius 1 is 1.18 bits per heavy atom. The zero-order chi connectivity index (χ0) is 20.0. The van der Waals surface area contributed by atoms with E-state index < -0.39 is 10.0 Å². The average molecular weight is 407 g/mol. The minimum Gasteiger partial charge on any atom is -0.356 e. The quantitative estimate of drug-likeness (QED) is 0.637. The van der Waals surface area contributed by atoms with Gasteiger partial charge in [0, 0.05) is 32.5 Å². The highest BCUT2D eigenvalue weighted by Gasteiger charge is 2.26. The summed E-state index contributed by atoms with van der Waals surface area (Å²) in [6.07, 6.45) is 4.13. The minimum absolute atomic E-state index is 0.0320. The monoisotopic (exact) mass is 406 g/mol. The molecular formula is C19H26N4O4S. The largest absolute Gasteiger partial charge is 0.356 e. The van der Waals surface area contributed by atoms with Crippen molar-refractivity contribution in [1.82, 2.24) is 19.8 Å². The van der Waals surface area contributed by atoms with Gasteiger partial charge in [-0.15, -0.1) is 0 Å². The summed E-state index contributed by atoms with van der Waals surface area (Å²) in [6, 6.07) is 6.84. The molecule has 1 saturated heterocycles. The smallest absolute Gasteiger partial charge is 0.243 e. The molecule has 28 heavy (non-hydrogen) atoms. The van der Waals surface area contributed by atoms with E-state index in [0.717, 1.165) is 24.8 Å². The standard InChI is InChI=1S/C19H26N4O4S/c1-15-21-19(27-22-15)5-4-12-20-18(24)11-8-16-6-9-17(10-7-16)28(25,26)23-13-2-3-14-23/h6-7,9-10H,2-5,8,11-14H2,1H3,(H,20,24). The van der Waals surface area contributed by atoms with E-state index in [-0.39, 0.29) is 5.91 Å². The van der Waals surface area contributed by atoms with Gasteiger partial charge in [-0.3, -0.25) is 4.79 Å². The fourth-order valence-electron chi connectivity index (χ4n) is 3.16. The normalized spacial score (nSPS) is 15.0. The number of benzene rings is 1. The summed E-state index contributed by atoms with van der Waals surface area (Å²) in [5.74, 6) is 1.16. The van der Waals surface area contributed by atoms with Gasteiger partial charge in [0.25, 0.3) is 0 Å². The Hall–Kier alpha value is -2.26. The van der Waals surface area contributed by atoms with Crippen LogP contribution < -0.4 is 5.32 Å². The molecular weight excluding hydrogens is 380 g/mol. The second-order valence-corrected chi connectivity index (χ2v) is 8.88. The summed E-state index contributed by atoms with van der Waals surface area (Å²) >= 11 is 0. The lowest BCUT2D eigenvalue weighted by Crippen LogP contribution is -2.27. The number of rotatable bonds is 9. The van der Waals surface area contributed by atoms with Crippen molar-refractivity contribution in [2.45, 2.75) is 50.3 Å². The van der Waals surface area contributed by atoms with Gasteiger partial charge in [0.2, 0.25) is 21.8 Å². The number of aromatic nitrogens is 2. The van der Waals surface area contributed by atoms with Gasteiger partial charge in [0.15, 0.2) is 5.82 Å². The molecule has 1 N–H and O–H groups in total. The van der Waals surface area contributed by atoms with Crippen molar-refractivity contribution in [1.29, 1.82) is 0 Å². The fraction of sp³-hybridized carbons (Fsp3) is 0.526. The molecule has 0 unspecified atom stereocenters. The molecule has 1 amide bonds. The minimum atomic E-state index is -3.39.